The van der Waals surface area contributed by atoms with Gasteiger partial charge in [0.05, 0.1) is 12.7 Å². The van der Waals surface area contributed by atoms with Gasteiger partial charge in [-0.2, -0.15) is 0 Å². The Kier molecular flexibility index (Phi) is 6.55. The summed E-state index contributed by atoms with van der Waals surface area (Å²) in [4.78, 5) is 14.9. The van der Waals surface area contributed by atoms with Gasteiger partial charge < -0.3 is 9.47 Å². The van der Waals surface area contributed by atoms with E-state index >= 15 is 0 Å². The molecule has 6 rings (SSSR count). The molecule has 0 saturated carbocycles. The molecule has 5 aromatic rings. The molecule has 7 heteroatoms. The fraction of sp³-hybridized carbons (Fsp3) is 0.129. The number of hydrogen-bond acceptors (Lipinski definition) is 5. The van der Waals surface area contributed by atoms with Crippen LogP contribution in [0.1, 0.15) is 22.9 Å². The summed E-state index contributed by atoms with van der Waals surface area (Å²) in [6.45, 7) is 0.971. The first-order chi connectivity index (χ1) is 18.7. The maximum absolute atomic E-state index is 13.2. The quantitative estimate of drug-likeness (QED) is 0.251. The number of β-lactam (4-membered cyclic amide) rings is 1. The van der Waals surface area contributed by atoms with Crippen molar-refractivity contribution in [3.05, 3.63) is 138 Å². The molecule has 0 bridgehead atoms. The van der Waals surface area contributed by atoms with Crippen LogP contribution in [0.3, 0.4) is 0 Å². The summed E-state index contributed by atoms with van der Waals surface area (Å²) in [5, 5.41) is 8.43. The van der Waals surface area contributed by atoms with E-state index in [1.54, 1.807) is 9.58 Å². The number of hydrogen-bond donors (Lipinski definition) is 0. The van der Waals surface area contributed by atoms with Crippen molar-refractivity contribution in [2.24, 2.45) is 0 Å². The monoisotopic (exact) mass is 502 g/mol. The Morgan fingerprint density at radius 3 is 2.11 bits per heavy atom. The Balaban J connectivity index is 1.15. The van der Waals surface area contributed by atoms with Crippen LogP contribution in [0.2, 0.25) is 0 Å². The summed E-state index contributed by atoms with van der Waals surface area (Å²) in [5.41, 5.74) is 3.72. The number of amides is 1. The Morgan fingerprint density at radius 1 is 0.737 bits per heavy atom. The number of para-hydroxylation sites is 2. The molecule has 0 spiro atoms. The maximum atomic E-state index is 13.2. The third-order valence-corrected chi connectivity index (χ3v) is 6.47. The number of nitrogens with zero attached hydrogens (tertiary/aromatic N) is 4. The first kappa shape index (κ1) is 23.5. The Labute approximate surface area is 220 Å². The molecule has 1 fully saturated rings. The second-order valence-corrected chi connectivity index (χ2v) is 9.09. The molecular formula is C31H26N4O3. The molecule has 188 valence electrons. The number of aromatic nitrogens is 3. The van der Waals surface area contributed by atoms with E-state index in [9.17, 15) is 4.79 Å². The minimum absolute atomic E-state index is 0.0658. The highest BCUT2D eigenvalue weighted by molar-refractivity contribution is 6.05. The van der Waals surface area contributed by atoms with E-state index in [0.29, 0.717) is 24.7 Å². The van der Waals surface area contributed by atoms with Gasteiger partial charge in [0.2, 0.25) is 6.10 Å². The fourth-order valence-corrected chi connectivity index (χ4v) is 4.59. The molecule has 1 aromatic heterocycles. The van der Waals surface area contributed by atoms with E-state index < -0.39 is 6.10 Å². The van der Waals surface area contributed by atoms with Crippen LogP contribution in [0, 0.1) is 0 Å². The summed E-state index contributed by atoms with van der Waals surface area (Å²) in [7, 11) is 0. The van der Waals surface area contributed by atoms with Gasteiger partial charge in [-0.15, -0.1) is 5.10 Å². The molecule has 1 aliphatic rings. The van der Waals surface area contributed by atoms with Gasteiger partial charge in [-0.05, 0) is 47.5 Å². The van der Waals surface area contributed by atoms with Gasteiger partial charge in [-0.1, -0.05) is 84.1 Å². The van der Waals surface area contributed by atoms with Gasteiger partial charge >= 0.3 is 0 Å². The molecule has 2 atom stereocenters. The lowest BCUT2D eigenvalue weighted by atomic mass is 9.89. The van der Waals surface area contributed by atoms with Crippen molar-refractivity contribution in [1.29, 1.82) is 0 Å². The van der Waals surface area contributed by atoms with E-state index in [-0.39, 0.29) is 11.9 Å². The van der Waals surface area contributed by atoms with Crippen molar-refractivity contribution >= 4 is 11.6 Å². The molecule has 7 nitrogen and oxygen atoms in total. The number of carbonyl (C=O) groups is 1. The Bertz CT molecular complexity index is 1490. The van der Waals surface area contributed by atoms with Crippen molar-refractivity contribution in [3.63, 3.8) is 0 Å². The van der Waals surface area contributed by atoms with Crippen molar-refractivity contribution in [3.8, 4) is 11.5 Å². The van der Waals surface area contributed by atoms with Crippen LogP contribution in [-0.4, -0.2) is 27.0 Å². The van der Waals surface area contributed by atoms with Crippen LogP contribution < -0.4 is 14.4 Å². The van der Waals surface area contributed by atoms with Gasteiger partial charge in [0.15, 0.2) is 0 Å². The van der Waals surface area contributed by atoms with Crippen LogP contribution in [0.15, 0.2) is 121 Å². The smallest absolute Gasteiger partial charge is 0.271 e. The predicted octanol–water partition coefficient (Wildman–Crippen LogP) is 5.44. The summed E-state index contributed by atoms with van der Waals surface area (Å²) in [6, 6.07) is 36.8. The molecule has 4 aromatic carbocycles. The molecule has 1 aliphatic heterocycles. The minimum atomic E-state index is -0.607. The van der Waals surface area contributed by atoms with Gasteiger partial charge in [0.25, 0.3) is 5.91 Å². The second kappa shape index (κ2) is 10.6. The van der Waals surface area contributed by atoms with E-state index in [1.807, 2.05) is 109 Å². The molecule has 1 saturated heterocycles. The van der Waals surface area contributed by atoms with Crippen molar-refractivity contribution < 1.29 is 14.3 Å². The highest BCUT2D eigenvalue weighted by Crippen LogP contribution is 2.41. The average Bonchev–Trinajstić information content (AvgIpc) is 3.42. The van der Waals surface area contributed by atoms with Crippen LogP contribution in [-0.2, 0) is 17.9 Å². The number of anilines is 1. The Hall–Kier alpha value is -4.91. The topological polar surface area (TPSA) is 69.5 Å². The van der Waals surface area contributed by atoms with E-state index in [2.05, 4.69) is 22.4 Å². The van der Waals surface area contributed by atoms with E-state index in [4.69, 9.17) is 9.47 Å². The van der Waals surface area contributed by atoms with Gasteiger partial charge in [-0.3, -0.25) is 9.69 Å². The number of rotatable bonds is 9. The Morgan fingerprint density at radius 2 is 1.39 bits per heavy atom. The SMILES string of the molecule is O=C1C(Oc2ccccc2)C(c2ccc(OCc3cn(Cc4ccccc4)nn3)cc2)N1c1ccccc1. The highest BCUT2D eigenvalue weighted by atomic mass is 16.5. The van der Waals surface area contributed by atoms with Crippen molar-refractivity contribution in [2.75, 3.05) is 4.90 Å². The summed E-state index contributed by atoms with van der Waals surface area (Å²) in [6.07, 6.45) is 1.29. The third-order valence-electron chi connectivity index (χ3n) is 6.47. The summed E-state index contributed by atoms with van der Waals surface area (Å²) in [5.74, 6) is 1.32. The molecule has 0 aliphatic carbocycles. The van der Waals surface area contributed by atoms with E-state index in [0.717, 1.165) is 22.5 Å². The number of ether oxygens (including phenoxy) is 2. The van der Waals surface area contributed by atoms with Crippen LogP contribution in [0.25, 0.3) is 0 Å². The lowest BCUT2D eigenvalue weighted by Gasteiger charge is -2.46. The van der Waals surface area contributed by atoms with Gasteiger partial charge in [0.1, 0.15) is 29.8 Å². The fourth-order valence-electron chi connectivity index (χ4n) is 4.59. The zero-order valence-corrected chi connectivity index (χ0v) is 20.6. The maximum Gasteiger partial charge on any atom is 0.271 e. The van der Waals surface area contributed by atoms with Crippen LogP contribution >= 0.6 is 0 Å². The molecule has 2 unspecified atom stereocenters. The van der Waals surface area contributed by atoms with Gasteiger partial charge in [-0.25, -0.2) is 4.68 Å². The first-order valence-corrected chi connectivity index (χ1v) is 12.5. The summed E-state index contributed by atoms with van der Waals surface area (Å²) < 4.78 is 13.9. The molecular weight excluding hydrogens is 476 g/mol. The molecule has 38 heavy (non-hydrogen) atoms. The number of benzene rings is 4. The standard InChI is InChI=1S/C31H26N4O3/c36-31-30(38-28-14-8-3-9-15-28)29(35(31)26-12-6-2-7-13-26)24-16-18-27(19-17-24)37-22-25-21-34(33-32-25)20-23-10-4-1-5-11-23/h1-19,21,29-30H,20,22H2. The predicted molar refractivity (Wildman–Crippen MR) is 144 cm³/mol. The zero-order valence-electron chi connectivity index (χ0n) is 20.6. The highest BCUT2D eigenvalue weighted by Gasteiger charge is 2.51. The first-order valence-electron chi connectivity index (χ1n) is 12.5. The van der Waals surface area contributed by atoms with Crippen LogP contribution in [0.4, 0.5) is 5.69 Å². The largest absolute Gasteiger partial charge is 0.487 e. The molecule has 0 N–H and O–H groups in total. The lowest BCUT2D eigenvalue weighted by Crippen LogP contribution is -2.61. The van der Waals surface area contributed by atoms with Gasteiger partial charge in [0, 0.05) is 5.69 Å². The average molecular weight is 503 g/mol. The molecule has 0 radical (unpaired) electrons. The lowest BCUT2D eigenvalue weighted by molar-refractivity contribution is -0.135. The van der Waals surface area contributed by atoms with Crippen molar-refractivity contribution in [2.45, 2.75) is 25.3 Å². The molecule has 1 amide bonds. The normalized spacial score (nSPS) is 16.6. The van der Waals surface area contributed by atoms with Crippen LogP contribution in [0.5, 0.6) is 11.5 Å². The number of carbonyl (C=O) groups excluding carboxylic acids is 1. The molecule has 2 heterocycles. The minimum Gasteiger partial charge on any atom is -0.487 e. The van der Waals surface area contributed by atoms with E-state index in [1.165, 1.54) is 0 Å². The summed E-state index contributed by atoms with van der Waals surface area (Å²) >= 11 is 0. The van der Waals surface area contributed by atoms with Crippen molar-refractivity contribution in [1.82, 2.24) is 15.0 Å². The second-order valence-electron chi connectivity index (χ2n) is 9.09. The zero-order chi connectivity index (χ0) is 25.7. The third kappa shape index (κ3) is 4.99.